The van der Waals surface area contributed by atoms with Gasteiger partial charge in [0.15, 0.2) is 0 Å². The Morgan fingerprint density at radius 2 is 1.93 bits per heavy atom. The van der Waals surface area contributed by atoms with Crippen LogP contribution in [0.25, 0.3) is 0 Å². The van der Waals surface area contributed by atoms with E-state index in [4.69, 9.17) is 10.3 Å². The number of benzene rings is 1. The second kappa shape index (κ2) is 8.58. The number of nitrogens with one attached hydrogen (secondary N) is 1. The molecular weight excluding hydrogens is 402 g/mol. The monoisotopic (exact) mass is 425 g/mol. The molecule has 0 atom stereocenters. The van der Waals surface area contributed by atoms with Crippen LogP contribution in [0, 0.1) is 0 Å². The van der Waals surface area contributed by atoms with Crippen molar-refractivity contribution in [2.75, 3.05) is 17.3 Å². The summed E-state index contributed by atoms with van der Waals surface area (Å²) in [4.78, 5) is 30.5. The lowest BCUT2D eigenvalue weighted by Gasteiger charge is -2.14. The molecule has 3 rings (SSSR count). The predicted octanol–water partition coefficient (Wildman–Crippen LogP) is 4.29. The van der Waals surface area contributed by atoms with Crippen molar-refractivity contribution in [1.82, 2.24) is 10.1 Å². The fourth-order valence-electron chi connectivity index (χ4n) is 2.57. The molecule has 0 unspecified atom stereocenters. The van der Waals surface area contributed by atoms with Gasteiger partial charge in [0, 0.05) is 40.9 Å². The minimum absolute atomic E-state index is 0.177. The number of urea groups is 1. The molecule has 30 heavy (non-hydrogen) atoms. The summed E-state index contributed by atoms with van der Waals surface area (Å²) in [7, 11) is 1.64. The maximum absolute atomic E-state index is 12.9. The lowest BCUT2D eigenvalue weighted by Crippen LogP contribution is -2.26. The molecule has 3 aromatic rings. The van der Waals surface area contributed by atoms with E-state index in [2.05, 4.69) is 15.5 Å². The average Bonchev–Trinajstić information content (AvgIpc) is 3.17. The molecule has 3 amide bonds. The molecule has 0 spiro atoms. The molecule has 156 valence electrons. The van der Waals surface area contributed by atoms with E-state index in [1.165, 1.54) is 16.7 Å². The van der Waals surface area contributed by atoms with Gasteiger partial charge in [0.2, 0.25) is 5.88 Å². The van der Waals surface area contributed by atoms with Crippen molar-refractivity contribution in [3.63, 3.8) is 0 Å². The van der Waals surface area contributed by atoms with E-state index in [0.717, 1.165) is 10.6 Å². The number of nitrogens with two attached hydrogens (primary N) is 1. The van der Waals surface area contributed by atoms with Crippen LogP contribution in [-0.4, -0.2) is 29.1 Å². The van der Waals surface area contributed by atoms with Crippen LogP contribution in [0.5, 0.6) is 0 Å². The number of carbonyl (C=O) groups is 2. The highest BCUT2D eigenvalue weighted by molar-refractivity contribution is 7.99. The Kier molecular flexibility index (Phi) is 6.12. The minimum atomic E-state index is -0.632. The van der Waals surface area contributed by atoms with Gasteiger partial charge in [-0.3, -0.25) is 9.69 Å². The van der Waals surface area contributed by atoms with Crippen LogP contribution in [0.2, 0.25) is 0 Å². The summed E-state index contributed by atoms with van der Waals surface area (Å²) in [5.74, 6) is 0.140. The van der Waals surface area contributed by atoms with Gasteiger partial charge in [-0.05, 0) is 30.3 Å². The van der Waals surface area contributed by atoms with Crippen LogP contribution in [0.3, 0.4) is 0 Å². The molecule has 0 aliphatic carbocycles. The van der Waals surface area contributed by atoms with Gasteiger partial charge in [0.25, 0.3) is 5.91 Å². The number of hydrogen-bond acceptors (Lipinski definition) is 6. The maximum Gasteiger partial charge on any atom is 0.316 e. The van der Waals surface area contributed by atoms with Gasteiger partial charge in [-0.25, -0.2) is 9.78 Å². The molecule has 0 aliphatic rings. The summed E-state index contributed by atoms with van der Waals surface area (Å²) in [6.45, 7) is 6.07. The Bertz CT molecular complexity index is 1070. The van der Waals surface area contributed by atoms with E-state index in [1.807, 2.05) is 26.8 Å². The number of anilines is 2. The highest BCUT2D eigenvalue weighted by Crippen LogP contribution is 2.29. The summed E-state index contributed by atoms with van der Waals surface area (Å²) in [6, 6.07) is 11.7. The Balaban J connectivity index is 1.77. The van der Waals surface area contributed by atoms with Gasteiger partial charge in [-0.1, -0.05) is 43.8 Å². The molecule has 0 radical (unpaired) electrons. The quantitative estimate of drug-likeness (QED) is 0.630. The van der Waals surface area contributed by atoms with E-state index in [0.29, 0.717) is 22.2 Å². The normalized spacial score (nSPS) is 11.2. The lowest BCUT2D eigenvalue weighted by atomic mass is 9.92. The first kappa shape index (κ1) is 21.4. The number of amides is 3. The van der Waals surface area contributed by atoms with Crippen molar-refractivity contribution in [2.45, 2.75) is 36.1 Å². The number of pyridine rings is 1. The van der Waals surface area contributed by atoms with Crippen LogP contribution in [0.1, 0.15) is 36.8 Å². The largest absolute Gasteiger partial charge is 0.351 e. The second-order valence-corrected chi connectivity index (χ2v) is 8.76. The number of nitrogens with zero attached hydrogens (tertiary/aromatic N) is 3. The zero-order chi connectivity index (χ0) is 21.9. The molecule has 0 bridgehead atoms. The predicted molar refractivity (Wildman–Crippen MR) is 116 cm³/mol. The van der Waals surface area contributed by atoms with Gasteiger partial charge in [0.05, 0.1) is 5.69 Å². The zero-order valence-electron chi connectivity index (χ0n) is 17.2. The molecule has 2 heterocycles. The summed E-state index contributed by atoms with van der Waals surface area (Å²) in [5.41, 5.74) is 6.80. The van der Waals surface area contributed by atoms with Gasteiger partial charge in [-0.2, -0.15) is 0 Å². The number of aromatic nitrogens is 2. The standard InChI is InChI=1S/C21H23N5O3S/c1-21(2,3)16-12-18(29-25-16)26(4)19(27)13-8-9-23-17(10-13)30-15-7-5-6-14(11-15)24-20(22)28/h5-12H,1-4H3,(H3,22,24,28). The fourth-order valence-corrected chi connectivity index (χ4v) is 3.44. The van der Waals surface area contributed by atoms with Gasteiger partial charge >= 0.3 is 6.03 Å². The molecule has 9 heteroatoms. The minimum Gasteiger partial charge on any atom is -0.351 e. The number of carbonyl (C=O) groups excluding carboxylic acids is 2. The highest BCUT2D eigenvalue weighted by atomic mass is 32.2. The SMILES string of the molecule is CN(C(=O)c1ccnc(Sc2cccc(NC(N)=O)c2)c1)c1cc(C(C)(C)C)no1. The van der Waals surface area contributed by atoms with Crippen LogP contribution < -0.4 is 16.0 Å². The smallest absolute Gasteiger partial charge is 0.316 e. The van der Waals surface area contributed by atoms with Crippen LogP contribution in [0.4, 0.5) is 16.4 Å². The zero-order valence-corrected chi connectivity index (χ0v) is 18.0. The topological polar surface area (TPSA) is 114 Å². The van der Waals surface area contributed by atoms with E-state index in [1.54, 1.807) is 49.6 Å². The van der Waals surface area contributed by atoms with E-state index >= 15 is 0 Å². The van der Waals surface area contributed by atoms with Crippen molar-refractivity contribution >= 4 is 35.3 Å². The Morgan fingerprint density at radius 3 is 2.60 bits per heavy atom. The molecule has 3 N–H and O–H groups in total. The average molecular weight is 426 g/mol. The molecule has 0 aliphatic heterocycles. The first-order valence-corrected chi connectivity index (χ1v) is 10.0. The summed E-state index contributed by atoms with van der Waals surface area (Å²) in [6.07, 6.45) is 1.58. The van der Waals surface area contributed by atoms with Gasteiger partial charge < -0.3 is 15.6 Å². The third-order valence-electron chi connectivity index (χ3n) is 4.21. The number of primary amides is 1. The van der Waals surface area contributed by atoms with Crippen LogP contribution in [0.15, 0.2) is 63.1 Å². The summed E-state index contributed by atoms with van der Waals surface area (Å²) in [5, 5.41) is 7.23. The molecular formula is C21H23N5O3S. The third kappa shape index (κ3) is 5.18. The van der Waals surface area contributed by atoms with E-state index in [9.17, 15) is 9.59 Å². The third-order valence-corrected chi connectivity index (χ3v) is 5.13. The molecule has 0 fully saturated rings. The van der Waals surface area contributed by atoms with E-state index in [-0.39, 0.29) is 11.3 Å². The molecule has 2 aromatic heterocycles. The molecule has 0 saturated heterocycles. The Labute approximate surface area is 178 Å². The first-order valence-electron chi connectivity index (χ1n) is 9.19. The number of hydrogen-bond donors (Lipinski definition) is 2. The van der Waals surface area contributed by atoms with Crippen molar-refractivity contribution in [3.05, 3.63) is 59.9 Å². The Morgan fingerprint density at radius 1 is 1.17 bits per heavy atom. The number of rotatable bonds is 5. The van der Waals surface area contributed by atoms with Gasteiger partial charge in [0.1, 0.15) is 5.03 Å². The fraction of sp³-hybridized carbons (Fsp3) is 0.238. The summed E-state index contributed by atoms with van der Waals surface area (Å²) >= 11 is 1.37. The molecule has 0 saturated carbocycles. The van der Waals surface area contributed by atoms with Gasteiger partial charge in [-0.15, -0.1) is 0 Å². The highest BCUT2D eigenvalue weighted by Gasteiger charge is 2.23. The van der Waals surface area contributed by atoms with Crippen molar-refractivity contribution in [3.8, 4) is 0 Å². The van der Waals surface area contributed by atoms with Crippen molar-refractivity contribution in [1.29, 1.82) is 0 Å². The molecule has 8 nitrogen and oxygen atoms in total. The van der Waals surface area contributed by atoms with Crippen molar-refractivity contribution < 1.29 is 14.1 Å². The first-order chi connectivity index (χ1) is 14.1. The Hall–Kier alpha value is -3.33. The van der Waals surface area contributed by atoms with Crippen molar-refractivity contribution in [2.24, 2.45) is 5.73 Å². The van der Waals surface area contributed by atoms with Crippen LogP contribution >= 0.6 is 11.8 Å². The maximum atomic E-state index is 12.9. The summed E-state index contributed by atoms with van der Waals surface area (Å²) < 4.78 is 5.36. The second-order valence-electron chi connectivity index (χ2n) is 7.67. The van der Waals surface area contributed by atoms with Crippen LogP contribution in [-0.2, 0) is 5.41 Å². The lowest BCUT2D eigenvalue weighted by molar-refractivity contribution is 0.0987. The molecule has 1 aromatic carbocycles. The van der Waals surface area contributed by atoms with E-state index < -0.39 is 6.03 Å².